The highest BCUT2D eigenvalue weighted by molar-refractivity contribution is 7.93. The average molecular weight is 348 g/mol. The Kier molecular flexibility index (Phi) is 5.02. The van der Waals surface area contributed by atoms with Crippen LogP contribution in [0.25, 0.3) is 0 Å². The predicted molar refractivity (Wildman–Crippen MR) is 60.7 cm³/mol. The van der Waals surface area contributed by atoms with Crippen LogP contribution in [0.2, 0.25) is 0 Å². The van der Waals surface area contributed by atoms with E-state index < -0.39 is 63.8 Å². The summed E-state index contributed by atoms with van der Waals surface area (Å²) in [5.74, 6) is -4.88. The summed E-state index contributed by atoms with van der Waals surface area (Å²) < 4.78 is 100. The lowest BCUT2D eigenvalue weighted by molar-refractivity contribution is -0.221. The molecular formula is C11H10F6N2O2S. The van der Waals surface area contributed by atoms with Crippen molar-refractivity contribution >= 4 is 9.84 Å². The van der Waals surface area contributed by atoms with Gasteiger partial charge in [-0.15, -0.1) is 0 Å². The molecule has 1 aliphatic carbocycles. The van der Waals surface area contributed by atoms with Crippen LogP contribution in [0.4, 0.5) is 26.3 Å². The third kappa shape index (κ3) is 3.83. The maximum absolute atomic E-state index is 12.7. The molecule has 4 nitrogen and oxygen atoms in total. The Labute approximate surface area is 122 Å². The van der Waals surface area contributed by atoms with E-state index in [4.69, 9.17) is 10.5 Å². The van der Waals surface area contributed by atoms with Crippen molar-refractivity contribution in [1.29, 1.82) is 10.5 Å². The standard InChI is InChI=1S/C11H10F6N2O2S/c12-10(13,14)6-1-7(11(15,16)17)3-8(2-6)22(20,21)9(4-18)5-19/h6-9H,1-3H2. The molecule has 0 aromatic carbocycles. The van der Waals surface area contributed by atoms with E-state index in [0.29, 0.717) is 0 Å². The number of alkyl halides is 6. The quantitative estimate of drug-likeness (QED) is 0.719. The highest BCUT2D eigenvalue weighted by Gasteiger charge is 2.55. The summed E-state index contributed by atoms with van der Waals surface area (Å²) in [5.41, 5.74) is 0. The summed E-state index contributed by atoms with van der Waals surface area (Å²) in [6.07, 6.45) is -13.3. The molecule has 1 aliphatic rings. The Hall–Kier alpha value is -1.49. The first-order valence-electron chi connectivity index (χ1n) is 5.99. The number of sulfone groups is 1. The molecule has 0 aliphatic heterocycles. The fraction of sp³-hybridized carbons (Fsp3) is 0.818. The van der Waals surface area contributed by atoms with Crippen molar-refractivity contribution in [2.45, 2.75) is 42.1 Å². The summed E-state index contributed by atoms with van der Waals surface area (Å²) in [6.45, 7) is 0. The van der Waals surface area contributed by atoms with Gasteiger partial charge in [0.15, 0.2) is 9.84 Å². The first kappa shape index (κ1) is 18.6. The molecule has 0 spiro atoms. The number of rotatable bonds is 2. The van der Waals surface area contributed by atoms with Gasteiger partial charge in [-0.2, -0.15) is 36.9 Å². The molecule has 2 atom stereocenters. The second-order valence-corrected chi connectivity index (χ2v) is 7.35. The molecule has 0 N–H and O–H groups in total. The summed E-state index contributed by atoms with van der Waals surface area (Å²) in [4.78, 5) is 0. The van der Waals surface area contributed by atoms with Crippen LogP contribution >= 0.6 is 0 Å². The molecule has 22 heavy (non-hydrogen) atoms. The van der Waals surface area contributed by atoms with Gasteiger partial charge in [0.2, 0.25) is 5.25 Å². The van der Waals surface area contributed by atoms with Crippen LogP contribution in [0.5, 0.6) is 0 Å². The Bertz CT molecular complexity index is 562. The van der Waals surface area contributed by atoms with Crippen LogP contribution in [-0.2, 0) is 9.84 Å². The SMILES string of the molecule is N#CC(C#N)S(=O)(=O)C1CC(C(F)(F)F)CC(C(F)(F)F)C1. The number of hydrogen-bond acceptors (Lipinski definition) is 4. The molecule has 0 radical (unpaired) electrons. The van der Waals surface area contributed by atoms with E-state index in [2.05, 4.69) is 0 Å². The van der Waals surface area contributed by atoms with Crippen LogP contribution in [0.1, 0.15) is 19.3 Å². The second-order valence-electron chi connectivity index (χ2n) is 5.03. The molecule has 1 saturated carbocycles. The zero-order valence-electron chi connectivity index (χ0n) is 10.8. The van der Waals surface area contributed by atoms with E-state index in [9.17, 15) is 34.8 Å². The van der Waals surface area contributed by atoms with Gasteiger partial charge in [0.1, 0.15) is 0 Å². The van der Waals surface area contributed by atoms with Gasteiger partial charge in [-0.3, -0.25) is 0 Å². The molecule has 0 heterocycles. The summed E-state index contributed by atoms with van der Waals surface area (Å²) >= 11 is 0. The summed E-state index contributed by atoms with van der Waals surface area (Å²) in [7, 11) is -4.73. The Morgan fingerprint density at radius 1 is 0.864 bits per heavy atom. The number of nitrogens with zero attached hydrogens (tertiary/aromatic N) is 2. The highest BCUT2D eigenvalue weighted by atomic mass is 32.2. The van der Waals surface area contributed by atoms with Crippen molar-refractivity contribution in [2.75, 3.05) is 0 Å². The van der Waals surface area contributed by atoms with Crippen LogP contribution in [0.15, 0.2) is 0 Å². The molecule has 1 fully saturated rings. The van der Waals surface area contributed by atoms with Crippen molar-refractivity contribution in [3.8, 4) is 12.1 Å². The monoisotopic (exact) mass is 348 g/mol. The van der Waals surface area contributed by atoms with E-state index in [1.165, 1.54) is 0 Å². The van der Waals surface area contributed by atoms with Gasteiger partial charge < -0.3 is 0 Å². The molecule has 0 aromatic heterocycles. The van der Waals surface area contributed by atoms with Gasteiger partial charge in [0, 0.05) is 0 Å². The van der Waals surface area contributed by atoms with Crippen molar-refractivity contribution in [1.82, 2.24) is 0 Å². The molecule has 1 rings (SSSR count). The summed E-state index contributed by atoms with van der Waals surface area (Å²) in [6, 6.07) is 2.17. The average Bonchev–Trinajstić information content (AvgIpc) is 2.37. The zero-order valence-corrected chi connectivity index (χ0v) is 11.6. The van der Waals surface area contributed by atoms with Crippen LogP contribution < -0.4 is 0 Å². The number of nitriles is 2. The minimum absolute atomic E-state index is 1.07. The van der Waals surface area contributed by atoms with Crippen molar-refractivity contribution in [3.63, 3.8) is 0 Å². The van der Waals surface area contributed by atoms with Gasteiger partial charge in [-0.05, 0) is 19.3 Å². The Morgan fingerprint density at radius 2 is 1.23 bits per heavy atom. The molecule has 2 unspecified atom stereocenters. The lowest BCUT2D eigenvalue weighted by atomic mass is 9.80. The molecule has 0 bridgehead atoms. The van der Waals surface area contributed by atoms with E-state index in [0.717, 1.165) is 12.1 Å². The van der Waals surface area contributed by atoms with Crippen LogP contribution in [0, 0.1) is 34.5 Å². The first-order chi connectivity index (χ1) is 9.83. The molecule has 0 amide bonds. The predicted octanol–water partition coefficient (Wildman–Crippen LogP) is 2.73. The zero-order chi connectivity index (χ0) is 17.3. The highest BCUT2D eigenvalue weighted by Crippen LogP contribution is 2.47. The third-order valence-electron chi connectivity index (χ3n) is 3.62. The largest absolute Gasteiger partial charge is 0.391 e. The van der Waals surface area contributed by atoms with Crippen molar-refractivity contribution < 1.29 is 34.8 Å². The third-order valence-corrected chi connectivity index (χ3v) is 5.80. The molecular weight excluding hydrogens is 338 g/mol. The lowest BCUT2D eigenvalue weighted by Gasteiger charge is -2.36. The van der Waals surface area contributed by atoms with Crippen molar-refractivity contribution in [3.05, 3.63) is 0 Å². The fourth-order valence-electron chi connectivity index (χ4n) is 2.44. The van der Waals surface area contributed by atoms with Crippen LogP contribution in [0.3, 0.4) is 0 Å². The van der Waals surface area contributed by atoms with Gasteiger partial charge >= 0.3 is 12.4 Å². The van der Waals surface area contributed by atoms with E-state index in [-0.39, 0.29) is 0 Å². The van der Waals surface area contributed by atoms with E-state index >= 15 is 0 Å². The van der Waals surface area contributed by atoms with Gasteiger partial charge in [0.25, 0.3) is 0 Å². The van der Waals surface area contributed by atoms with Gasteiger partial charge in [-0.25, -0.2) is 8.42 Å². The normalized spacial score (nSPS) is 27.2. The maximum Gasteiger partial charge on any atom is 0.391 e. The maximum atomic E-state index is 12.7. The molecule has 0 saturated heterocycles. The lowest BCUT2D eigenvalue weighted by Crippen LogP contribution is -2.44. The molecule has 11 heteroatoms. The van der Waals surface area contributed by atoms with Crippen molar-refractivity contribution in [2.24, 2.45) is 11.8 Å². The van der Waals surface area contributed by atoms with Crippen LogP contribution in [-0.4, -0.2) is 31.3 Å². The minimum atomic E-state index is -4.98. The molecule has 0 aromatic rings. The molecule has 124 valence electrons. The Morgan fingerprint density at radius 3 is 1.50 bits per heavy atom. The number of halogens is 6. The smallest absolute Gasteiger partial charge is 0.226 e. The second kappa shape index (κ2) is 5.95. The van der Waals surface area contributed by atoms with Gasteiger partial charge in [0.05, 0.1) is 29.2 Å². The summed E-state index contributed by atoms with van der Waals surface area (Å²) in [5, 5.41) is 12.8. The first-order valence-corrected chi connectivity index (χ1v) is 7.60. The van der Waals surface area contributed by atoms with E-state index in [1.54, 1.807) is 0 Å². The Balaban J connectivity index is 3.20. The van der Waals surface area contributed by atoms with E-state index in [1.807, 2.05) is 0 Å². The van der Waals surface area contributed by atoms with Gasteiger partial charge in [-0.1, -0.05) is 0 Å². The number of hydrogen-bond donors (Lipinski definition) is 0. The topological polar surface area (TPSA) is 81.7 Å². The minimum Gasteiger partial charge on any atom is -0.226 e. The fourth-order valence-corrected chi connectivity index (χ4v) is 4.12.